The van der Waals surface area contributed by atoms with Gasteiger partial charge in [-0.25, -0.2) is 14.4 Å². The summed E-state index contributed by atoms with van der Waals surface area (Å²) in [4.78, 5) is 13.5. The van der Waals surface area contributed by atoms with Gasteiger partial charge in [0, 0.05) is 37.8 Å². The fraction of sp³-hybridized carbons (Fsp3) is 0.474. The highest BCUT2D eigenvalue weighted by Gasteiger charge is 2.38. The molecule has 1 atom stereocenters. The van der Waals surface area contributed by atoms with Crippen LogP contribution in [0.5, 0.6) is 5.88 Å². The SMILES string of the molecule is COc1cc(N(C2CC2)C2CCN(Cc3ccc(F)c(Br)c3)C2)ncn1. The van der Waals surface area contributed by atoms with Gasteiger partial charge < -0.3 is 9.64 Å². The Kier molecular flexibility index (Phi) is 5.09. The molecule has 1 aromatic carbocycles. The van der Waals surface area contributed by atoms with E-state index in [1.54, 1.807) is 13.4 Å². The highest BCUT2D eigenvalue weighted by molar-refractivity contribution is 9.10. The van der Waals surface area contributed by atoms with E-state index >= 15 is 0 Å². The Labute approximate surface area is 161 Å². The average molecular weight is 421 g/mol. The summed E-state index contributed by atoms with van der Waals surface area (Å²) in [6.45, 7) is 2.85. The van der Waals surface area contributed by atoms with Crippen molar-refractivity contribution in [3.05, 3.63) is 46.4 Å². The van der Waals surface area contributed by atoms with Gasteiger partial charge in [0.15, 0.2) is 0 Å². The summed E-state index contributed by atoms with van der Waals surface area (Å²) in [5.41, 5.74) is 1.13. The Morgan fingerprint density at radius 3 is 2.81 bits per heavy atom. The summed E-state index contributed by atoms with van der Waals surface area (Å²) < 4.78 is 19.2. The minimum absolute atomic E-state index is 0.217. The zero-order valence-electron chi connectivity index (χ0n) is 14.7. The third kappa shape index (κ3) is 3.83. The topological polar surface area (TPSA) is 41.5 Å². The quantitative estimate of drug-likeness (QED) is 0.713. The fourth-order valence-corrected chi connectivity index (χ4v) is 4.11. The first-order chi connectivity index (χ1) is 12.6. The van der Waals surface area contributed by atoms with Crippen LogP contribution in [0.1, 0.15) is 24.8 Å². The number of likely N-dealkylation sites (tertiary alicyclic amines) is 1. The number of hydrogen-bond acceptors (Lipinski definition) is 5. The van der Waals surface area contributed by atoms with Gasteiger partial charge in [0.1, 0.15) is 18.0 Å². The maximum atomic E-state index is 13.4. The second kappa shape index (κ2) is 7.48. The van der Waals surface area contributed by atoms with Crippen LogP contribution in [0.3, 0.4) is 0 Å². The second-order valence-corrected chi connectivity index (χ2v) is 7.84. The lowest BCUT2D eigenvalue weighted by molar-refractivity contribution is 0.324. The van der Waals surface area contributed by atoms with Gasteiger partial charge in [0.2, 0.25) is 5.88 Å². The molecule has 0 amide bonds. The fourth-order valence-electron chi connectivity index (χ4n) is 3.69. The molecule has 1 unspecified atom stereocenters. The van der Waals surface area contributed by atoms with E-state index in [2.05, 4.69) is 35.7 Å². The molecule has 1 aromatic heterocycles. The molecular weight excluding hydrogens is 399 g/mol. The van der Waals surface area contributed by atoms with Gasteiger partial charge in [-0.1, -0.05) is 6.07 Å². The number of methoxy groups -OCH3 is 1. The van der Waals surface area contributed by atoms with E-state index in [-0.39, 0.29) is 5.82 Å². The van der Waals surface area contributed by atoms with Crippen molar-refractivity contribution in [2.45, 2.75) is 37.9 Å². The van der Waals surface area contributed by atoms with Crippen molar-refractivity contribution >= 4 is 21.7 Å². The molecule has 0 radical (unpaired) electrons. The molecule has 0 bridgehead atoms. The molecule has 2 heterocycles. The molecule has 5 nitrogen and oxygen atoms in total. The van der Waals surface area contributed by atoms with Crippen molar-refractivity contribution in [1.29, 1.82) is 0 Å². The Balaban J connectivity index is 1.46. The predicted octanol–water partition coefficient (Wildman–Crippen LogP) is 3.63. The third-order valence-corrected chi connectivity index (χ3v) is 5.68. The Hall–Kier alpha value is -1.73. The van der Waals surface area contributed by atoms with Crippen molar-refractivity contribution in [2.24, 2.45) is 0 Å². The zero-order chi connectivity index (χ0) is 18.1. The van der Waals surface area contributed by atoms with Crippen LogP contribution in [0.15, 0.2) is 35.1 Å². The Morgan fingerprint density at radius 2 is 2.08 bits per heavy atom. The van der Waals surface area contributed by atoms with E-state index in [9.17, 15) is 4.39 Å². The molecule has 0 spiro atoms. The first-order valence-corrected chi connectivity index (χ1v) is 9.74. The van der Waals surface area contributed by atoms with Crippen LogP contribution in [-0.4, -0.2) is 47.2 Å². The minimum atomic E-state index is -0.217. The van der Waals surface area contributed by atoms with Crippen molar-refractivity contribution in [3.8, 4) is 5.88 Å². The molecule has 2 aliphatic rings. The first kappa shape index (κ1) is 17.7. The van der Waals surface area contributed by atoms with Gasteiger partial charge in [0.05, 0.1) is 11.6 Å². The standard InChI is InChI=1S/C19H22BrFN4O/c1-26-19-9-18(22-12-23-19)25(14-3-4-14)15-6-7-24(11-15)10-13-2-5-17(21)16(20)8-13/h2,5,8-9,12,14-15H,3-4,6-7,10-11H2,1H3. The van der Waals surface area contributed by atoms with E-state index in [1.165, 1.54) is 18.9 Å². The van der Waals surface area contributed by atoms with E-state index in [4.69, 9.17) is 4.74 Å². The first-order valence-electron chi connectivity index (χ1n) is 8.94. The highest BCUT2D eigenvalue weighted by atomic mass is 79.9. The van der Waals surface area contributed by atoms with Crippen LogP contribution in [0.4, 0.5) is 10.2 Å². The summed E-state index contributed by atoms with van der Waals surface area (Å²) >= 11 is 3.27. The lowest BCUT2D eigenvalue weighted by Gasteiger charge is -2.30. The molecule has 1 aliphatic heterocycles. The maximum Gasteiger partial charge on any atom is 0.218 e. The largest absolute Gasteiger partial charge is 0.481 e. The molecule has 2 fully saturated rings. The van der Waals surface area contributed by atoms with E-state index < -0.39 is 0 Å². The van der Waals surface area contributed by atoms with Crippen LogP contribution in [0.2, 0.25) is 0 Å². The zero-order valence-corrected chi connectivity index (χ0v) is 16.3. The monoisotopic (exact) mass is 420 g/mol. The Bertz CT molecular complexity index is 786. The number of rotatable bonds is 6. The van der Waals surface area contributed by atoms with Gasteiger partial charge in [0.25, 0.3) is 0 Å². The summed E-state index contributed by atoms with van der Waals surface area (Å²) in [6.07, 6.45) is 5.11. The molecule has 1 saturated heterocycles. The van der Waals surface area contributed by atoms with Crippen LogP contribution >= 0.6 is 15.9 Å². The molecule has 2 aromatic rings. The van der Waals surface area contributed by atoms with Crippen LogP contribution in [0.25, 0.3) is 0 Å². The third-order valence-electron chi connectivity index (χ3n) is 5.07. The molecule has 4 rings (SSSR count). The number of benzene rings is 1. The van der Waals surface area contributed by atoms with Crippen LogP contribution in [-0.2, 0) is 6.54 Å². The summed E-state index contributed by atoms with van der Waals surface area (Å²) in [5.74, 6) is 1.34. The lowest BCUT2D eigenvalue weighted by atomic mass is 10.2. The number of halogens is 2. The summed E-state index contributed by atoms with van der Waals surface area (Å²) in [7, 11) is 1.63. The van der Waals surface area contributed by atoms with E-state index in [1.807, 2.05) is 18.2 Å². The molecule has 0 N–H and O–H groups in total. The van der Waals surface area contributed by atoms with Crippen molar-refractivity contribution < 1.29 is 9.13 Å². The minimum Gasteiger partial charge on any atom is -0.481 e. The number of hydrogen-bond donors (Lipinski definition) is 0. The normalized spacial score (nSPS) is 20.3. The number of ether oxygens (including phenoxy) is 1. The second-order valence-electron chi connectivity index (χ2n) is 6.98. The molecule has 138 valence electrons. The van der Waals surface area contributed by atoms with Gasteiger partial charge >= 0.3 is 0 Å². The number of anilines is 1. The Morgan fingerprint density at radius 1 is 1.23 bits per heavy atom. The summed E-state index contributed by atoms with van der Waals surface area (Å²) in [5, 5.41) is 0. The molecule has 1 aliphatic carbocycles. The molecule has 1 saturated carbocycles. The predicted molar refractivity (Wildman–Crippen MR) is 102 cm³/mol. The van der Waals surface area contributed by atoms with Gasteiger partial charge in [-0.05, 0) is 52.9 Å². The summed E-state index contributed by atoms with van der Waals surface area (Å²) in [6, 6.07) is 8.19. The maximum absolute atomic E-state index is 13.4. The van der Waals surface area contributed by atoms with Crippen LogP contribution in [0, 0.1) is 5.82 Å². The molecular formula is C19H22BrFN4O. The number of nitrogens with zero attached hydrogens (tertiary/aromatic N) is 4. The molecule has 7 heteroatoms. The lowest BCUT2D eigenvalue weighted by Crippen LogP contribution is -2.39. The van der Waals surface area contributed by atoms with Crippen molar-refractivity contribution in [2.75, 3.05) is 25.1 Å². The van der Waals surface area contributed by atoms with E-state index in [0.29, 0.717) is 22.4 Å². The van der Waals surface area contributed by atoms with Crippen molar-refractivity contribution in [1.82, 2.24) is 14.9 Å². The highest BCUT2D eigenvalue weighted by Crippen LogP contribution is 2.36. The van der Waals surface area contributed by atoms with Gasteiger partial charge in [-0.3, -0.25) is 4.90 Å². The smallest absolute Gasteiger partial charge is 0.218 e. The van der Waals surface area contributed by atoms with Crippen LogP contribution < -0.4 is 9.64 Å². The molecule has 26 heavy (non-hydrogen) atoms. The van der Waals surface area contributed by atoms with Gasteiger partial charge in [-0.15, -0.1) is 0 Å². The average Bonchev–Trinajstić information content (AvgIpc) is 3.38. The number of aromatic nitrogens is 2. The van der Waals surface area contributed by atoms with Crippen molar-refractivity contribution in [3.63, 3.8) is 0 Å². The van der Waals surface area contributed by atoms with Gasteiger partial charge in [-0.2, -0.15) is 0 Å². The van der Waals surface area contributed by atoms with E-state index in [0.717, 1.165) is 37.4 Å².